The van der Waals surface area contributed by atoms with Crippen molar-refractivity contribution in [3.05, 3.63) is 59.7 Å². The molecule has 0 unspecified atom stereocenters. The van der Waals surface area contributed by atoms with E-state index in [0.717, 1.165) is 17.0 Å². The van der Waals surface area contributed by atoms with Crippen molar-refractivity contribution in [2.75, 3.05) is 12.4 Å². The van der Waals surface area contributed by atoms with Crippen LogP contribution in [0.4, 0.5) is 8.78 Å². The lowest BCUT2D eigenvalue weighted by atomic mass is 10.2. The molecule has 1 N–H and O–H groups in total. The van der Waals surface area contributed by atoms with Crippen molar-refractivity contribution >= 4 is 17.7 Å². The normalized spacial score (nSPS) is 10.4. The van der Waals surface area contributed by atoms with E-state index in [2.05, 4.69) is 0 Å². The van der Waals surface area contributed by atoms with Gasteiger partial charge in [0.25, 0.3) is 0 Å². The predicted octanol–water partition coefficient (Wildman–Crippen LogP) is 3.83. The summed E-state index contributed by atoms with van der Waals surface area (Å²) in [6, 6.07) is 9.40. The summed E-state index contributed by atoms with van der Waals surface area (Å²) < 4.78 is 31.1. The van der Waals surface area contributed by atoms with Gasteiger partial charge in [-0.15, -0.1) is 11.8 Å². The van der Waals surface area contributed by atoms with Gasteiger partial charge in [-0.1, -0.05) is 0 Å². The van der Waals surface area contributed by atoms with Crippen LogP contribution in [0.5, 0.6) is 5.75 Å². The molecule has 2 aromatic carbocycles. The summed E-state index contributed by atoms with van der Waals surface area (Å²) in [6.07, 6.45) is 0. The van der Waals surface area contributed by atoms with Crippen LogP contribution in [0.2, 0.25) is 0 Å². The molecule has 0 amide bonds. The van der Waals surface area contributed by atoms with Crippen molar-refractivity contribution in [1.29, 1.82) is 0 Å². The Morgan fingerprint density at radius 1 is 1.10 bits per heavy atom. The van der Waals surface area contributed by atoms with Gasteiger partial charge in [-0.25, -0.2) is 13.6 Å². The van der Waals surface area contributed by atoms with Crippen molar-refractivity contribution in [3.63, 3.8) is 0 Å². The maximum atomic E-state index is 13.0. The number of rotatable bonds is 6. The molecule has 21 heavy (non-hydrogen) atoms. The number of benzene rings is 2. The van der Waals surface area contributed by atoms with Gasteiger partial charge in [0.05, 0.1) is 6.61 Å². The number of halogens is 2. The molecule has 0 bridgehead atoms. The summed E-state index contributed by atoms with van der Waals surface area (Å²) in [5.41, 5.74) is -0.207. The zero-order valence-corrected chi connectivity index (χ0v) is 11.7. The van der Waals surface area contributed by atoms with Gasteiger partial charge in [-0.2, -0.15) is 0 Å². The molecule has 6 heteroatoms. The third-order valence-corrected chi connectivity index (χ3v) is 3.57. The van der Waals surface area contributed by atoms with Crippen molar-refractivity contribution in [1.82, 2.24) is 0 Å². The minimum Gasteiger partial charge on any atom is -0.492 e. The van der Waals surface area contributed by atoms with Crippen LogP contribution in [0.15, 0.2) is 47.4 Å². The van der Waals surface area contributed by atoms with E-state index < -0.39 is 11.8 Å². The van der Waals surface area contributed by atoms with E-state index in [-0.39, 0.29) is 23.7 Å². The summed E-state index contributed by atoms with van der Waals surface area (Å²) >= 11 is 1.45. The van der Waals surface area contributed by atoms with Gasteiger partial charge in [-0.05, 0) is 42.5 Å². The quantitative estimate of drug-likeness (QED) is 0.650. The Labute approximate surface area is 124 Å². The van der Waals surface area contributed by atoms with Crippen LogP contribution in [0, 0.1) is 11.6 Å². The average molecular weight is 310 g/mol. The van der Waals surface area contributed by atoms with E-state index in [1.54, 1.807) is 12.1 Å². The van der Waals surface area contributed by atoms with E-state index in [4.69, 9.17) is 9.84 Å². The minimum atomic E-state index is -1.24. The summed E-state index contributed by atoms with van der Waals surface area (Å²) in [6.45, 7) is 0.258. The molecule has 0 spiro atoms. The first-order chi connectivity index (χ1) is 10.1. The molecule has 0 heterocycles. The molecule has 0 radical (unpaired) electrons. The average Bonchev–Trinajstić information content (AvgIpc) is 2.46. The number of carboxylic acids is 1. The van der Waals surface area contributed by atoms with Crippen molar-refractivity contribution in [3.8, 4) is 5.75 Å². The number of hydrogen-bond donors (Lipinski definition) is 1. The standard InChI is InChI=1S/C15H12F2O3S/c16-10-1-4-12(5-2-10)21-8-7-20-14-6-3-11(17)9-13(14)15(18)19/h1-6,9H,7-8H2,(H,18,19). The van der Waals surface area contributed by atoms with Crippen LogP contribution < -0.4 is 4.74 Å². The number of hydrogen-bond acceptors (Lipinski definition) is 3. The maximum Gasteiger partial charge on any atom is 0.339 e. The third kappa shape index (κ3) is 4.46. The summed E-state index contributed by atoms with van der Waals surface area (Å²) in [4.78, 5) is 11.9. The van der Waals surface area contributed by atoms with Crippen molar-refractivity contribution in [2.45, 2.75) is 4.90 Å². The third-order valence-electron chi connectivity index (χ3n) is 2.60. The van der Waals surface area contributed by atoms with E-state index in [1.165, 1.54) is 30.0 Å². The lowest BCUT2D eigenvalue weighted by molar-refractivity contribution is 0.0692. The zero-order valence-electron chi connectivity index (χ0n) is 10.9. The van der Waals surface area contributed by atoms with Gasteiger partial charge < -0.3 is 9.84 Å². The van der Waals surface area contributed by atoms with Gasteiger partial charge in [0.2, 0.25) is 0 Å². The zero-order chi connectivity index (χ0) is 15.2. The highest BCUT2D eigenvalue weighted by molar-refractivity contribution is 7.99. The van der Waals surface area contributed by atoms with Crippen LogP contribution in [-0.4, -0.2) is 23.4 Å². The first kappa shape index (κ1) is 15.3. The topological polar surface area (TPSA) is 46.5 Å². The van der Waals surface area contributed by atoms with Gasteiger partial charge in [0.15, 0.2) is 0 Å². The van der Waals surface area contributed by atoms with Gasteiger partial charge in [0, 0.05) is 10.6 Å². The van der Waals surface area contributed by atoms with Crippen LogP contribution in [0.3, 0.4) is 0 Å². The molecular formula is C15H12F2O3S. The van der Waals surface area contributed by atoms with E-state index in [1.807, 2.05) is 0 Å². The fraction of sp³-hybridized carbons (Fsp3) is 0.133. The Morgan fingerprint density at radius 2 is 1.76 bits per heavy atom. The van der Waals surface area contributed by atoms with Crippen molar-refractivity contribution in [2.24, 2.45) is 0 Å². The fourth-order valence-electron chi connectivity index (χ4n) is 1.64. The molecule has 0 aliphatic rings. The molecule has 2 aromatic rings. The van der Waals surface area contributed by atoms with Crippen molar-refractivity contribution < 1.29 is 23.4 Å². The fourth-order valence-corrected chi connectivity index (χ4v) is 2.37. The Morgan fingerprint density at radius 3 is 2.43 bits per heavy atom. The van der Waals surface area contributed by atoms with E-state index in [9.17, 15) is 13.6 Å². The first-order valence-electron chi connectivity index (χ1n) is 6.10. The highest BCUT2D eigenvalue weighted by atomic mass is 32.2. The van der Waals surface area contributed by atoms with Crippen LogP contribution in [-0.2, 0) is 0 Å². The molecule has 2 rings (SSSR count). The Bertz CT molecular complexity index is 629. The Kier molecular flexibility index (Phi) is 5.16. The molecule has 0 aliphatic heterocycles. The second-order valence-corrected chi connectivity index (χ2v) is 5.26. The predicted molar refractivity (Wildman–Crippen MR) is 76.0 cm³/mol. The SMILES string of the molecule is O=C(O)c1cc(F)ccc1OCCSc1ccc(F)cc1. The van der Waals surface area contributed by atoms with Gasteiger partial charge in [0.1, 0.15) is 22.9 Å². The molecule has 0 saturated carbocycles. The van der Waals surface area contributed by atoms with Gasteiger partial charge in [-0.3, -0.25) is 0 Å². The second-order valence-electron chi connectivity index (χ2n) is 4.10. The second kappa shape index (κ2) is 7.08. The molecule has 0 aromatic heterocycles. The highest BCUT2D eigenvalue weighted by Gasteiger charge is 2.12. The van der Waals surface area contributed by atoms with Crippen LogP contribution in [0.25, 0.3) is 0 Å². The lowest BCUT2D eigenvalue weighted by Gasteiger charge is -2.09. The largest absolute Gasteiger partial charge is 0.492 e. The monoisotopic (exact) mass is 310 g/mol. The van der Waals surface area contributed by atoms with Crippen LogP contribution >= 0.6 is 11.8 Å². The highest BCUT2D eigenvalue weighted by Crippen LogP contribution is 2.22. The summed E-state index contributed by atoms with van der Waals surface area (Å²) in [5, 5.41) is 8.96. The maximum absolute atomic E-state index is 13.0. The Balaban J connectivity index is 1.89. The molecule has 110 valence electrons. The molecular weight excluding hydrogens is 298 g/mol. The number of carbonyl (C=O) groups is 1. The smallest absolute Gasteiger partial charge is 0.339 e. The molecule has 0 aliphatic carbocycles. The molecule has 0 fully saturated rings. The van der Waals surface area contributed by atoms with Gasteiger partial charge >= 0.3 is 5.97 Å². The number of aromatic carboxylic acids is 1. The van der Waals surface area contributed by atoms with E-state index in [0.29, 0.717) is 5.75 Å². The number of thioether (sulfide) groups is 1. The Hall–Kier alpha value is -2.08. The first-order valence-corrected chi connectivity index (χ1v) is 7.09. The summed E-state index contributed by atoms with van der Waals surface area (Å²) in [5.74, 6) is -1.48. The molecule has 0 atom stereocenters. The number of carboxylic acid groups (broad SMARTS) is 1. The molecule has 3 nitrogen and oxygen atoms in total. The summed E-state index contributed by atoms with van der Waals surface area (Å²) in [7, 11) is 0. The van der Waals surface area contributed by atoms with E-state index >= 15 is 0 Å². The molecule has 0 saturated heterocycles. The lowest BCUT2D eigenvalue weighted by Crippen LogP contribution is -2.06. The minimum absolute atomic E-state index is 0.128. The van der Waals surface area contributed by atoms with Crippen LogP contribution in [0.1, 0.15) is 10.4 Å². The number of ether oxygens (including phenoxy) is 1.